The molecule has 3 rings (SSSR count). The fourth-order valence-corrected chi connectivity index (χ4v) is 2.93. The second-order valence-electron chi connectivity index (χ2n) is 6.20. The Morgan fingerprint density at radius 3 is 2.75 bits per heavy atom. The number of nitro groups is 1. The zero-order valence-corrected chi connectivity index (χ0v) is 15.1. The van der Waals surface area contributed by atoms with Crippen LogP contribution in [0.1, 0.15) is 16.1 Å². The third kappa shape index (κ3) is 3.41. The van der Waals surface area contributed by atoms with Gasteiger partial charge in [0.1, 0.15) is 5.75 Å². The molecule has 0 saturated carbocycles. The molecule has 0 spiro atoms. The largest absolute Gasteiger partial charge is 0.482 e. The number of hydrogen-bond acceptors (Lipinski definition) is 6. The molecule has 1 amide bonds. The molecule has 0 radical (unpaired) electrons. The van der Waals surface area contributed by atoms with Gasteiger partial charge >= 0.3 is 11.2 Å². The average molecular weight is 383 g/mol. The molecule has 0 saturated heterocycles. The van der Waals surface area contributed by atoms with Gasteiger partial charge in [0.2, 0.25) is 0 Å². The van der Waals surface area contributed by atoms with Gasteiger partial charge in [0.15, 0.2) is 12.4 Å². The monoisotopic (exact) mass is 383 g/mol. The van der Waals surface area contributed by atoms with Crippen LogP contribution in [-0.2, 0) is 11.3 Å². The van der Waals surface area contributed by atoms with Crippen LogP contribution in [0, 0.1) is 17.0 Å². The predicted octanol–water partition coefficient (Wildman–Crippen LogP) is 1.86. The van der Waals surface area contributed by atoms with E-state index in [0.29, 0.717) is 17.1 Å². The van der Waals surface area contributed by atoms with Crippen LogP contribution in [0.4, 0.5) is 11.4 Å². The molecule has 28 heavy (non-hydrogen) atoms. The van der Waals surface area contributed by atoms with Crippen molar-refractivity contribution in [3.8, 4) is 5.75 Å². The van der Waals surface area contributed by atoms with Gasteiger partial charge in [-0.3, -0.25) is 29.1 Å². The highest BCUT2D eigenvalue weighted by molar-refractivity contribution is 6.02. The van der Waals surface area contributed by atoms with E-state index in [1.165, 1.54) is 23.1 Å². The summed E-state index contributed by atoms with van der Waals surface area (Å²) in [5.41, 5.74) is -0.328. The van der Waals surface area contributed by atoms with Crippen molar-refractivity contribution < 1.29 is 19.2 Å². The summed E-state index contributed by atoms with van der Waals surface area (Å²) < 4.78 is 6.44. The Labute approximate surface area is 159 Å². The molecule has 0 N–H and O–H groups in total. The fraction of sp³-hybridized carbons (Fsp3) is 0.211. The number of benzene rings is 1. The van der Waals surface area contributed by atoms with Crippen molar-refractivity contribution in [3.63, 3.8) is 0 Å². The summed E-state index contributed by atoms with van der Waals surface area (Å²) in [5, 5.41) is 11.0. The molecule has 0 unspecified atom stereocenters. The maximum Gasteiger partial charge on any atom is 0.334 e. The van der Waals surface area contributed by atoms with Crippen LogP contribution in [-0.4, -0.2) is 34.3 Å². The molecule has 0 fully saturated rings. The zero-order valence-electron chi connectivity index (χ0n) is 15.1. The zero-order chi connectivity index (χ0) is 20.4. The van der Waals surface area contributed by atoms with E-state index in [1.807, 2.05) is 0 Å². The van der Waals surface area contributed by atoms with Gasteiger partial charge in [0.25, 0.3) is 5.91 Å². The quantitative estimate of drug-likeness (QED) is 0.326. The third-order valence-electron chi connectivity index (χ3n) is 4.41. The number of nitrogens with zero attached hydrogens (tertiary/aromatic N) is 3. The lowest BCUT2D eigenvalue weighted by atomic mass is 10.1. The number of anilines is 1. The summed E-state index contributed by atoms with van der Waals surface area (Å²) in [6.07, 6.45) is 1.56. The van der Waals surface area contributed by atoms with Crippen LogP contribution in [0.5, 0.6) is 5.75 Å². The maximum absolute atomic E-state index is 12.7. The molecule has 1 aromatic heterocycles. The predicted molar refractivity (Wildman–Crippen MR) is 101 cm³/mol. The van der Waals surface area contributed by atoms with E-state index in [4.69, 9.17) is 4.74 Å². The first kappa shape index (κ1) is 19.0. The van der Waals surface area contributed by atoms with Gasteiger partial charge in [-0.2, -0.15) is 0 Å². The van der Waals surface area contributed by atoms with Crippen LogP contribution < -0.4 is 15.2 Å². The van der Waals surface area contributed by atoms with E-state index in [0.717, 1.165) is 10.6 Å². The van der Waals surface area contributed by atoms with Crippen molar-refractivity contribution in [2.75, 3.05) is 18.1 Å². The maximum atomic E-state index is 12.7. The highest BCUT2D eigenvalue weighted by atomic mass is 16.6. The van der Waals surface area contributed by atoms with Crippen LogP contribution >= 0.6 is 0 Å². The van der Waals surface area contributed by atoms with E-state index >= 15 is 0 Å². The molecule has 9 nitrogen and oxygen atoms in total. The first-order chi connectivity index (χ1) is 13.3. The van der Waals surface area contributed by atoms with Gasteiger partial charge < -0.3 is 9.64 Å². The van der Waals surface area contributed by atoms with Crippen molar-refractivity contribution in [1.29, 1.82) is 0 Å². The van der Waals surface area contributed by atoms with Crippen LogP contribution in [0.25, 0.3) is 0 Å². The van der Waals surface area contributed by atoms with Crippen molar-refractivity contribution in [2.45, 2.75) is 13.5 Å². The molecular formula is C19H17N3O6. The van der Waals surface area contributed by atoms with Gasteiger partial charge in [-0.25, -0.2) is 0 Å². The van der Waals surface area contributed by atoms with Crippen LogP contribution in [0.15, 0.2) is 47.8 Å². The molecule has 0 bridgehead atoms. The normalized spacial score (nSPS) is 12.9. The highest BCUT2D eigenvalue weighted by Crippen LogP contribution is 2.33. The molecule has 0 aliphatic carbocycles. The number of ketones is 1. The molecule has 9 heteroatoms. The highest BCUT2D eigenvalue weighted by Gasteiger charge is 2.26. The molecular weight excluding hydrogens is 366 g/mol. The second kappa shape index (κ2) is 7.47. The number of pyridine rings is 1. The summed E-state index contributed by atoms with van der Waals surface area (Å²) in [7, 11) is 0. The number of hydrogen-bond donors (Lipinski definition) is 0. The number of amides is 1. The topological polar surface area (TPSA) is 112 Å². The van der Waals surface area contributed by atoms with Crippen LogP contribution in [0.2, 0.25) is 0 Å². The molecule has 0 atom stereocenters. The molecule has 1 aliphatic rings. The number of fused-ring (bicyclic) bond motifs is 1. The minimum atomic E-state index is -0.844. The first-order valence-electron chi connectivity index (χ1n) is 8.39. The van der Waals surface area contributed by atoms with Gasteiger partial charge in [-0.1, -0.05) is 6.08 Å². The first-order valence-corrected chi connectivity index (χ1v) is 8.39. The second-order valence-corrected chi connectivity index (χ2v) is 6.20. The molecule has 1 aromatic carbocycles. The van der Waals surface area contributed by atoms with Gasteiger partial charge in [-0.15, -0.1) is 6.58 Å². The number of Topliss-reactive ketones (excluding diaryl/α,β-unsaturated/α-hetero) is 1. The smallest absolute Gasteiger partial charge is 0.334 e. The Balaban J connectivity index is 1.96. The molecule has 2 heterocycles. The number of rotatable bonds is 6. The van der Waals surface area contributed by atoms with E-state index < -0.39 is 22.0 Å². The van der Waals surface area contributed by atoms with Crippen molar-refractivity contribution in [2.24, 2.45) is 0 Å². The molecule has 144 valence electrons. The van der Waals surface area contributed by atoms with Crippen molar-refractivity contribution >= 4 is 23.1 Å². The van der Waals surface area contributed by atoms with Crippen molar-refractivity contribution in [3.05, 3.63) is 74.7 Å². The Kier molecular flexibility index (Phi) is 5.08. The van der Waals surface area contributed by atoms with Crippen molar-refractivity contribution in [1.82, 2.24) is 4.57 Å². The summed E-state index contributed by atoms with van der Waals surface area (Å²) in [4.78, 5) is 48.8. The average Bonchev–Trinajstić information content (AvgIpc) is 2.66. The minimum absolute atomic E-state index is 0.101. The Hall–Kier alpha value is -3.75. The minimum Gasteiger partial charge on any atom is -0.482 e. The van der Waals surface area contributed by atoms with Gasteiger partial charge in [0, 0.05) is 23.9 Å². The van der Waals surface area contributed by atoms with E-state index in [-0.39, 0.29) is 31.2 Å². The SMILES string of the molecule is C=CCN1C(=O)COc2ccc(C(=O)Cn3c(C)ccc([N+](=O)[O-])c3=O)cc21. The Morgan fingerprint density at radius 2 is 2.07 bits per heavy atom. The number of carbonyl (C=O) groups is 2. The number of carbonyl (C=O) groups excluding carboxylic acids is 2. The summed E-state index contributed by atoms with van der Waals surface area (Å²) in [6.45, 7) is 5.01. The van der Waals surface area contributed by atoms with E-state index in [9.17, 15) is 24.5 Å². The van der Waals surface area contributed by atoms with E-state index in [2.05, 4.69) is 6.58 Å². The van der Waals surface area contributed by atoms with E-state index in [1.54, 1.807) is 19.1 Å². The lowest BCUT2D eigenvalue weighted by Gasteiger charge is -2.28. The fourth-order valence-electron chi connectivity index (χ4n) is 2.93. The molecule has 1 aliphatic heterocycles. The summed E-state index contributed by atoms with van der Waals surface area (Å²) >= 11 is 0. The Morgan fingerprint density at radius 1 is 1.32 bits per heavy atom. The third-order valence-corrected chi connectivity index (χ3v) is 4.41. The van der Waals surface area contributed by atoms with Gasteiger partial charge in [-0.05, 0) is 31.2 Å². The summed E-state index contributed by atoms with van der Waals surface area (Å²) in [6, 6.07) is 7.15. The lowest BCUT2D eigenvalue weighted by Crippen LogP contribution is -2.39. The molecule has 2 aromatic rings. The van der Waals surface area contributed by atoms with Gasteiger partial charge in [0.05, 0.1) is 17.2 Å². The number of aromatic nitrogens is 1. The van der Waals surface area contributed by atoms with Crippen LogP contribution in [0.3, 0.4) is 0 Å². The lowest BCUT2D eigenvalue weighted by molar-refractivity contribution is -0.386. The number of aryl methyl sites for hydroxylation is 1. The summed E-state index contributed by atoms with van der Waals surface area (Å²) in [5.74, 6) is -0.227. The standard InChI is InChI=1S/C19H17N3O6/c1-3-8-20-15-9-13(5-7-17(15)28-11-18(20)24)16(23)10-21-12(2)4-6-14(19(21)25)22(26)27/h3-7,9H,1,8,10-11H2,2H3. The number of ether oxygens (including phenoxy) is 1. The Bertz CT molecular complexity index is 1060.